The first-order valence-corrected chi connectivity index (χ1v) is 8.64. The number of amides is 3. The fourth-order valence-electron chi connectivity index (χ4n) is 1.93. The van der Waals surface area contributed by atoms with Gasteiger partial charge in [-0.05, 0) is 12.5 Å². The molecule has 0 spiro atoms. The van der Waals surface area contributed by atoms with Crippen LogP contribution in [-0.2, 0) is 9.53 Å². The van der Waals surface area contributed by atoms with E-state index in [0.29, 0.717) is 11.6 Å². The molecule has 24 heavy (non-hydrogen) atoms. The molecule has 0 unspecified atom stereocenters. The summed E-state index contributed by atoms with van der Waals surface area (Å²) in [5.74, 6) is -1.39. The molecule has 0 aliphatic carbocycles. The molecule has 0 aliphatic rings. The summed E-state index contributed by atoms with van der Waals surface area (Å²) in [6.07, 6.45) is 1.75. The van der Waals surface area contributed by atoms with Crippen LogP contribution in [0, 0.1) is 0 Å². The Morgan fingerprint density at radius 3 is 2.71 bits per heavy atom. The lowest BCUT2D eigenvalue weighted by molar-refractivity contribution is -0.123. The monoisotopic (exact) mass is 368 g/mol. The number of urea groups is 1. The van der Waals surface area contributed by atoms with E-state index >= 15 is 0 Å². The van der Waals surface area contributed by atoms with Crippen LogP contribution in [0.15, 0.2) is 24.3 Å². The number of carbonyl (C=O) groups excluding carboxylic acids is 3. The van der Waals surface area contributed by atoms with Gasteiger partial charge in [-0.3, -0.25) is 10.1 Å². The Hall–Kier alpha value is -2.12. The van der Waals surface area contributed by atoms with Gasteiger partial charge in [-0.15, -0.1) is 11.3 Å². The van der Waals surface area contributed by atoms with Gasteiger partial charge < -0.3 is 10.1 Å². The van der Waals surface area contributed by atoms with E-state index < -0.39 is 24.5 Å². The van der Waals surface area contributed by atoms with Gasteiger partial charge in [0, 0.05) is 16.6 Å². The average molecular weight is 369 g/mol. The molecule has 3 amide bonds. The molecule has 2 N–H and O–H groups in total. The molecule has 0 atom stereocenters. The van der Waals surface area contributed by atoms with Crippen LogP contribution in [0.2, 0.25) is 5.02 Å². The number of unbranched alkanes of at least 4 members (excludes halogenated alkanes) is 1. The molecule has 8 heteroatoms. The molecule has 1 heterocycles. The number of rotatable bonds is 6. The average Bonchev–Trinajstić information content (AvgIpc) is 2.90. The van der Waals surface area contributed by atoms with Crippen LogP contribution < -0.4 is 10.6 Å². The lowest BCUT2D eigenvalue weighted by Crippen LogP contribution is -2.41. The van der Waals surface area contributed by atoms with Gasteiger partial charge >= 0.3 is 12.0 Å². The first-order valence-electron chi connectivity index (χ1n) is 7.44. The molecule has 1 aromatic carbocycles. The van der Waals surface area contributed by atoms with Crippen molar-refractivity contribution in [2.75, 3.05) is 13.2 Å². The highest BCUT2D eigenvalue weighted by molar-refractivity contribution is 7.21. The van der Waals surface area contributed by atoms with E-state index in [-0.39, 0.29) is 4.88 Å². The predicted molar refractivity (Wildman–Crippen MR) is 93.6 cm³/mol. The standard InChI is InChI=1S/C16H17ClN2O4S/c1-2-3-8-18-16(22)19-12(20)9-23-15(21)14-13(17)10-6-4-5-7-11(10)24-14/h4-7H,2-3,8-9H2,1H3,(H2,18,19,20,22). The highest BCUT2D eigenvalue weighted by atomic mass is 35.5. The number of imide groups is 1. The van der Waals surface area contributed by atoms with E-state index in [9.17, 15) is 14.4 Å². The molecule has 0 saturated carbocycles. The summed E-state index contributed by atoms with van der Waals surface area (Å²) in [4.78, 5) is 35.3. The number of nitrogens with one attached hydrogen (secondary N) is 2. The Bertz CT molecular complexity index is 760. The molecule has 6 nitrogen and oxygen atoms in total. The Morgan fingerprint density at radius 1 is 1.25 bits per heavy atom. The summed E-state index contributed by atoms with van der Waals surface area (Å²) in [5, 5.41) is 5.69. The molecule has 0 saturated heterocycles. The van der Waals surface area contributed by atoms with E-state index in [2.05, 4.69) is 10.6 Å². The number of halogens is 1. The summed E-state index contributed by atoms with van der Waals surface area (Å²) in [6.45, 7) is 1.92. The number of esters is 1. The second-order valence-electron chi connectivity index (χ2n) is 4.98. The van der Waals surface area contributed by atoms with Crippen molar-refractivity contribution in [2.24, 2.45) is 0 Å². The second-order valence-corrected chi connectivity index (χ2v) is 6.41. The van der Waals surface area contributed by atoms with Crippen molar-refractivity contribution >= 4 is 50.9 Å². The Kier molecular flexibility index (Phi) is 6.57. The number of ether oxygens (including phenoxy) is 1. The van der Waals surface area contributed by atoms with Crippen molar-refractivity contribution in [3.63, 3.8) is 0 Å². The third-order valence-electron chi connectivity index (χ3n) is 3.12. The molecular formula is C16H17ClN2O4S. The van der Waals surface area contributed by atoms with E-state index in [4.69, 9.17) is 16.3 Å². The summed E-state index contributed by atoms with van der Waals surface area (Å²) in [6, 6.07) is 6.70. The lowest BCUT2D eigenvalue weighted by Gasteiger charge is -2.06. The zero-order valence-electron chi connectivity index (χ0n) is 13.1. The molecule has 0 fully saturated rings. The second kappa shape index (κ2) is 8.65. The summed E-state index contributed by atoms with van der Waals surface area (Å²) < 4.78 is 5.78. The smallest absolute Gasteiger partial charge is 0.350 e. The van der Waals surface area contributed by atoms with Crippen molar-refractivity contribution in [2.45, 2.75) is 19.8 Å². The topological polar surface area (TPSA) is 84.5 Å². The fraction of sp³-hybridized carbons (Fsp3) is 0.312. The van der Waals surface area contributed by atoms with E-state index in [1.54, 1.807) is 6.07 Å². The van der Waals surface area contributed by atoms with Crippen LogP contribution in [-0.4, -0.2) is 31.1 Å². The molecule has 0 aliphatic heterocycles. The van der Waals surface area contributed by atoms with Crippen LogP contribution in [0.1, 0.15) is 29.4 Å². The summed E-state index contributed by atoms with van der Waals surface area (Å²) >= 11 is 7.36. The van der Waals surface area contributed by atoms with Gasteiger partial charge in [-0.1, -0.05) is 43.1 Å². The van der Waals surface area contributed by atoms with Gasteiger partial charge in [0.15, 0.2) is 6.61 Å². The Morgan fingerprint density at radius 2 is 2.00 bits per heavy atom. The quantitative estimate of drug-likeness (QED) is 0.605. The maximum atomic E-state index is 12.1. The Balaban J connectivity index is 1.87. The summed E-state index contributed by atoms with van der Waals surface area (Å²) in [7, 11) is 0. The normalized spacial score (nSPS) is 10.4. The molecule has 2 rings (SSSR count). The van der Waals surface area contributed by atoms with Gasteiger partial charge in [0.1, 0.15) is 4.88 Å². The lowest BCUT2D eigenvalue weighted by atomic mass is 10.2. The van der Waals surface area contributed by atoms with Gasteiger partial charge in [-0.25, -0.2) is 9.59 Å². The SMILES string of the molecule is CCCCNC(=O)NC(=O)COC(=O)c1sc2ccccc2c1Cl. The van der Waals surface area contributed by atoms with Crippen LogP contribution in [0.4, 0.5) is 4.79 Å². The van der Waals surface area contributed by atoms with Gasteiger partial charge in [-0.2, -0.15) is 0 Å². The third-order valence-corrected chi connectivity index (χ3v) is 4.78. The van der Waals surface area contributed by atoms with Crippen LogP contribution >= 0.6 is 22.9 Å². The molecule has 0 bridgehead atoms. The number of hydrogen-bond donors (Lipinski definition) is 2. The van der Waals surface area contributed by atoms with E-state index in [1.165, 1.54) is 11.3 Å². The summed E-state index contributed by atoms with van der Waals surface area (Å²) in [5.41, 5.74) is 0. The molecule has 0 radical (unpaired) electrons. The minimum absolute atomic E-state index is 0.234. The highest BCUT2D eigenvalue weighted by Gasteiger charge is 2.19. The predicted octanol–water partition coefficient (Wildman–Crippen LogP) is 3.34. The fourth-order valence-corrected chi connectivity index (χ4v) is 3.33. The first-order chi connectivity index (χ1) is 11.5. The number of thiophene rings is 1. The van der Waals surface area contributed by atoms with Crippen molar-refractivity contribution in [1.29, 1.82) is 0 Å². The minimum Gasteiger partial charge on any atom is -0.451 e. The van der Waals surface area contributed by atoms with Gasteiger partial charge in [0.2, 0.25) is 0 Å². The van der Waals surface area contributed by atoms with Crippen molar-refractivity contribution in [3.05, 3.63) is 34.2 Å². The maximum absolute atomic E-state index is 12.1. The molecular weight excluding hydrogens is 352 g/mol. The molecule has 1 aromatic heterocycles. The molecule has 2 aromatic rings. The number of hydrogen-bond acceptors (Lipinski definition) is 5. The molecule has 128 valence electrons. The van der Waals surface area contributed by atoms with Gasteiger partial charge in [0.25, 0.3) is 5.91 Å². The zero-order chi connectivity index (χ0) is 17.5. The zero-order valence-corrected chi connectivity index (χ0v) is 14.6. The highest BCUT2D eigenvalue weighted by Crippen LogP contribution is 2.35. The van der Waals surface area contributed by atoms with Crippen molar-refractivity contribution in [1.82, 2.24) is 10.6 Å². The van der Waals surface area contributed by atoms with E-state index in [1.807, 2.05) is 25.1 Å². The number of benzene rings is 1. The minimum atomic E-state index is -0.699. The third kappa shape index (κ3) is 4.69. The van der Waals surface area contributed by atoms with Crippen molar-refractivity contribution < 1.29 is 19.1 Å². The van der Waals surface area contributed by atoms with Crippen molar-refractivity contribution in [3.8, 4) is 0 Å². The number of fused-ring (bicyclic) bond motifs is 1. The number of carbonyl (C=O) groups is 3. The first kappa shape index (κ1) is 18.2. The van der Waals surface area contributed by atoms with Crippen LogP contribution in [0.3, 0.4) is 0 Å². The van der Waals surface area contributed by atoms with Crippen LogP contribution in [0.5, 0.6) is 0 Å². The largest absolute Gasteiger partial charge is 0.451 e. The van der Waals surface area contributed by atoms with Gasteiger partial charge in [0.05, 0.1) is 5.02 Å². The van der Waals surface area contributed by atoms with E-state index in [0.717, 1.165) is 22.9 Å². The maximum Gasteiger partial charge on any atom is 0.350 e. The van der Waals surface area contributed by atoms with Crippen LogP contribution in [0.25, 0.3) is 10.1 Å². The Labute approximate surface area is 148 Å².